The number of rotatable bonds is 5. The third-order valence-corrected chi connectivity index (χ3v) is 3.45. The van der Waals surface area contributed by atoms with Gasteiger partial charge in [0.15, 0.2) is 0 Å². The Labute approximate surface area is 92.1 Å². The normalized spacial score (nSPS) is 27.9. The van der Waals surface area contributed by atoms with Gasteiger partial charge < -0.3 is 4.74 Å². The second kappa shape index (κ2) is 5.82. The summed E-state index contributed by atoms with van der Waals surface area (Å²) in [6.07, 6.45) is 5.42. The molecule has 0 aromatic heterocycles. The average Bonchev–Trinajstić information content (AvgIpc) is 2.16. The van der Waals surface area contributed by atoms with Crippen molar-refractivity contribution in [3.8, 4) is 0 Å². The number of hydrogen-bond donors (Lipinski definition) is 0. The van der Waals surface area contributed by atoms with E-state index in [0.29, 0.717) is 18.4 Å². The van der Waals surface area contributed by atoms with E-state index in [1.54, 1.807) is 7.11 Å². The van der Waals surface area contributed by atoms with Gasteiger partial charge in [0.05, 0.1) is 12.9 Å². The lowest BCUT2D eigenvalue weighted by Gasteiger charge is -2.27. The quantitative estimate of drug-likeness (QED) is 0.677. The van der Waals surface area contributed by atoms with E-state index in [4.69, 9.17) is 8.92 Å². The minimum atomic E-state index is -3.27. The van der Waals surface area contributed by atoms with Crippen molar-refractivity contribution in [3.05, 3.63) is 0 Å². The molecule has 1 aliphatic rings. The average molecular weight is 236 g/mol. The molecule has 0 aromatic rings. The fourth-order valence-corrected chi connectivity index (χ4v) is 2.46. The van der Waals surface area contributed by atoms with Crippen LogP contribution >= 0.6 is 0 Å². The summed E-state index contributed by atoms with van der Waals surface area (Å²) in [6, 6.07) is 0. The zero-order chi connectivity index (χ0) is 11.3. The molecule has 0 radical (unpaired) electrons. The molecule has 15 heavy (non-hydrogen) atoms. The minimum Gasteiger partial charge on any atom is -0.384 e. The summed E-state index contributed by atoms with van der Waals surface area (Å²) in [5.74, 6) is 1.04. The Morgan fingerprint density at radius 1 is 1.07 bits per heavy atom. The second-order valence-electron chi connectivity index (χ2n) is 4.33. The van der Waals surface area contributed by atoms with E-state index < -0.39 is 10.1 Å². The summed E-state index contributed by atoms with van der Waals surface area (Å²) in [5.41, 5.74) is 0. The fraction of sp³-hybridized carbons (Fsp3) is 1.00. The topological polar surface area (TPSA) is 52.6 Å². The van der Waals surface area contributed by atoms with Crippen LogP contribution < -0.4 is 0 Å². The SMILES string of the molecule is COCC1CCC(COS(C)(=O)=O)CC1. The molecule has 4 nitrogen and oxygen atoms in total. The van der Waals surface area contributed by atoms with Crippen LogP contribution in [0, 0.1) is 11.8 Å². The predicted octanol–water partition coefficient (Wildman–Crippen LogP) is 1.42. The Hall–Kier alpha value is -0.130. The van der Waals surface area contributed by atoms with Crippen LogP contribution in [-0.4, -0.2) is 35.0 Å². The Bertz CT molecular complexity index is 265. The van der Waals surface area contributed by atoms with E-state index in [0.717, 1.165) is 38.5 Å². The minimum absolute atomic E-state index is 0.346. The van der Waals surface area contributed by atoms with Gasteiger partial charge in [0.2, 0.25) is 0 Å². The van der Waals surface area contributed by atoms with E-state index in [9.17, 15) is 8.42 Å². The van der Waals surface area contributed by atoms with Crippen LogP contribution in [-0.2, 0) is 19.0 Å². The van der Waals surface area contributed by atoms with E-state index >= 15 is 0 Å². The summed E-state index contributed by atoms with van der Waals surface area (Å²) >= 11 is 0. The zero-order valence-corrected chi connectivity index (χ0v) is 10.3. The van der Waals surface area contributed by atoms with Crippen molar-refractivity contribution in [2.24, 2.45) is 11.8 Å². The number of ether oxygens (including phenoxy) is 1. The molecule has 0 saturated heterocycles. The van der Waals surface area contributed by atoms with Crippen LogP contribution in [0.2, 0.25) is 0 Å². The maximum absolute atomic E-state index is 10.8. The van der Waals surface area contributed by atoms with Gasteiger partial charge in [-0.2, -0.15) is 8.42 Å². The molecule has 1 aliphatic carbocycles. The van der Waals surface area contributed by atoms with Crippen LogP contribution in [0.3, 0.4) is 0 Å². The first kappa shape index (κ1) is 12.9. The van der Waals surface area contributed by atoms with Crippen LogP contribution in [0.5, 0.6) is 0 Å². The van der Waals surface area contributed by atoms with Crippen LogP contribution in [0.4, 0.5) is 0 Å². The van der Waals surface area contributed by atoms with E-state index in [-0.39, 0.29) is 0 Å². The maximum atomic E-state index is 10.8. The first-order chi connectivity index (χ1) is 7.01. The molecule has 0 spiro atoms. The van der Waals surface area contributed by atoms with E-state index in [1.807, 2.05) is 0 Å². The highest BCUT2D eigenvalue weighted by Crippen LogP contribution is 2.29. The standard InChI is InChI=1S/C10H20O4S/c1-13-7-9-3-5-10(6-4-9)8-14-15(2,11)12/h9-10H,3-8H2,1-2H3. The molecule has 0 atom stereocenters. The summed E-state index contributed by atoms with van der Waals surface area (Å²) in [5, 5.41) is 0. The highest BCUT2D eigenvalue weighted by molar-refractivity contribution is 7.85. The number of methoxy groups -OCH3 is 1. The largest absolute Gasteiger partial charge is 0.384 e. The van der Waals surface area contributed by atoms with E-state index in [2.05, 4.69) is 0 Å². The van der Waals surface area contributed by atoms with Crippen molar-refractivity contribution in [1.29, 1.82) is 0 Å². The molecule has 1 rings (SSSR count). The van der Waals surface area contributed by atoms with Crippen molar-refractivity contribution < 1.29 is 17.3 Å². The Morgan fingerprint density at radius 3 is 1.93 bits per heavy atom. The molecule has 0 unspecified atom stereocenters. The molecule has 1 fully saturated rings. The van der Waals surface area contributed by atoms with Gasteiger partial charge in [-0.25, -0.2) is 0 Å². The molecule has 5 heteroatoms. The second-order valence-corrected chi connectivity index (χ2v) is 5.97. The fourth-order valence-electron chi connectivity index (χ4n) is 2.02. The summed E-state index contributed by atoms with van der Waals surface area (Å²) < 4.78 is 31.5. The first-order valence-electron chi connectivity index (χ1n) is 5.34. The highest BCUT2D eigenvalue weighted by Gasteiger charge is 2.22. The monoisotopic (exact) mass is 236 g/mol. The lowest BCUT2D eigenvalue weighted by molar-refractivity contribution is 0.107. The third kappa shape index (κ3) is 5.49. The molecule has 0 N–H and O–H groups in total. The smallest absolute Gasteiger partial charge is 0.264 e. The van der Waals surface area contributed by atoms with Crippen molar-refractivity contribution >= 4 is 10.1 Å². The van der Waals surface area contributed by atoms with Crippen molar-refractivity contribution in [2.75, 3.05) is 26.6 Å². The van der Waals surface area contributed by atoms with Gasteiger partial charge in [-0.1, -0.05) is 0 Å². The highest BCUT2D eigenvalue weighted by atomic mass is 32.2. The van der Waals surface area contributed by atoms with Gasteiger partial charge in [-0.15, -0.1) is 0 Å². The molecule has 0 heterocycles. The molecule has 1 saturated carbocycles. The van der Waals surface area contributed by atoms with Gasteiger partial charge in [-0.3, -0.25) is 4.18 Å². The van der Waals surface area contributed by atoms with Crippen LogP contribution in [0.1, 0.15) is 25.7 Å². The maximum Gasteiger partial charge on any atom is 0.264 e. The molecule has 0 amide bonds. The van der Waals surface area contributed by atoms with Gasteiger partial charge >= 0.3 is 0 Å². The molecule has 0 aliphatic heterocycles. The molecule has 0 aromatic carbocycles. The van der Waals surface area contributed by atoms with Crippen molar-refractivity contribution in [1.82, 2.24) is 0 Å². The van der Waals surface area contributed by atoms with Crippen molar-refractivity contribution in [3.63, 3.8) is 0 Å². The predicted molar refractivity (Wildman–Crippen MR) is 58.1 cm³/mol. The van der Waals surface area contributed by atoms with Crippen molar-refractivity contribution in [2.45, 2.75) is 25.7 Å². The Kier molecular flexibility index (Phi) is 5.02. The van der Waals surface area contributed by atoms with Crippen LogP contribution in [0.25, 0.3) is 0 Å². The first-order valence-corrected chi connectivity index (χ1v) is 7.16. The van der Waals surface area contributed by atoms with Gasteiger partial charge in [0.25, 0.3) is 10.1 Å². The Balaban J connectivity index is 2.20. The summed E-state index contributed by atoms with van der Waals surface area (Å²) in [4.78, 5) is 0. The lowest BCUT2D eigenvalue weighted by Crippen LogP contribution is -2.22. The summed E-state index contributed by atoms with van der Waals surface area (Å²) in [7, 11) is -1.55. The van der Waals surface area contributed by atoms with Gasteiger partial charge in [0, 0.05) is 13.7 Å². The molecular weight excluding hydrogens is 216 g/mol. The van der Waals surface area contributed by atoms with E-state index in [1.165, 1.54) is 0 Å². The number of hydrogen-bond acceptors (Lipinski definition) is 4. The van der Waals surface area contributed by atoms with Gasteiger partial charge in [0.1, 0.15) is 0 Å². The Morgan fingerprint density at radius 2 is 1.53 bits per heavy atom. The molecule has 0 bridgehead atoms. The lowest BCUT2D eigenvalue weighted by atomic mass is 9.83. The third-order valence-electron chi connectivity index (χ3n) is 2.89. The van der Waals surface area contributed by atoms with Crippen LogP contribution in [0.15, 0.2) is 0 Å². The zero-order valence-electron chi connectivity index (χ0n) is 9.44. The van der Waals surface area contributed by atoms with Gasteiger partial charge in [-0.05, 0) is 37.5 Å². The molecule has 90 valence electrons. The summed E-state index contributed by atoms with van der Waals surface area (Å²) in [6.45, 7) is 1.16. The molecular formula is C10H20O4S.